The highest BCUT2D eigenvalue weighted by Gasteiger charge is 2.22. The fourth-order valence-electron chi connectivity index (χ4n) is 2.90. The van der Waals surface area contributed by atoms with Crippen molar-refractivity contribution in [3.63, 3.8) is 0 Å². The Kier molecular flexibility index (Phi) is 7.50. The molecule has 0 fully saturated rings. The summed E-state index contributed by atoms with van der Waals surface area (Å²) < 4.78 is 38.0. The minimum absolute atomic E-state index is 0.0834. The zero-order valence-electron chi connectivity index (χ0n) is 17.8. The lowest BCUT2D eigenvalue weighted by molar-refractivity contribution is 0.190. The van der Waals surface area contributed by atoms with Crippen LogP contribution in [0.4, 0.5) is 36.7 Å². The Morgan fingerprint density at radius 3 is 2.56 bits per heavy atom. The van der Waals surface area contributed by atoms with E-state index in [2.05, 4.69) is 20.6 Å². The number of nitrogens with zero attached hydrogens (tertiary/aromatic N) is 3. The minimum atomic E-state index is -0.770. The van der Waals surface area contributed by atoms with Gasteiger partial charge in [-0.2, -0.15) is 4.98 Å². The van der Waals surface area contributed by atoms with Gasteiger partial charge in [0.2, 0.25) is 5.95 Å². The number of urea groups is 1. The Bertz CT molecular complexity index is 1070. The number of aromatic nitrogens is 2. The van der Waals surface area contributed by atoms with Crippen molar-refractivity contribution in [3.8, 4) is 5.75 Å². The van der Waals surface area contributed by atoms with Crippen molar-refractivity contribution in [2.45, 2.75) is 13.0 Å². The van der Waals surface area contributed by atoms with E-state index < -0.39 is 17.7 Å². The van der Waals surface area contributed by atoms with E-state index in [1.165, 1.54) is 24.3 Å². The molecular formula is C22H23F2N5O3. The van der Waals surface area contributed by atoms with Gasteiger partial charge in [0.05, 0.1) is 25.1 Å². The van der Waals surface area contributed by atoms with Crippen LogP contribution >= 0.6 is 0 Å². The number of nitrogens with one attached hydrogen (secondary N) is 2. The largest absolute Gasteiger partial charge is 0.497 e. The highest BCUT2D eigenvalue weighted by molar-refractivity contribution is 6.06. The van der Waals surface area contributed by atoms with Crippen LogP contribution in [0.3, 0.4) is 0 Å². The molecular weight excluding hydrogens is 420 g/mol. The molecule has 0 saturated carbocycles. The van der Waals surface area contributed by atoms with Gasteiger partial charge in [-0.1, -0.05) is 0 Å². The van der Waals surface area contributed by atoms with Crippen molar-refractivity contribution in [2.24, 2.45) is 0 Å². The van der Waals surface area contributed by atoms with Gasteiger partial charge in [0.1, 0.15) is 23.2 Å². The molecule has 3 rings (SSSR count). The van der Waals surface area contributed by atoms with Gasteiger partial charge in [0.25, 0.3) is 0 Å². The average Bonchev–Trinajstić information content (AvgIpc) is 2.77. The second-order valence-corrected chi connectivity index (χ2v) is 6.83. The van der Waals surface area contributed by atoms with E-state index in [1.54, 1.807) is 31.4 Å². The summed E-state index contributed by atoms with van der Waals surface area (Å²) in [6, 6.07) is 10.1. The third kappa shape index (κ3) is 5.67. The summed E-state index contributed by atoms with van der Waals surface area (Å²) in [5.74, 6) is -0.378. The fraction of sp³-hybridized carbons (Fsp3) is 0.227. The number of methoxy groups -OCH3 is 2. The zero-order valence-corrected chi connectivity index (χ0v) is 17.8. The van der Waals surface area contributed by atoms with Crippen molar-refractivity contribution in [1.82, 2.24) is 9.97 Å². The topological polar surface area (TPSA) is 88.6 Å². The van der Waals surface area contributed by atoms with Crippen molar-refractivity contribution in [2.75, 3.05) is 36.4 Å². The number of hydrogen-bond donors (Lipinski definition) is 2. The van der Waals surface area contributed by atoms with Crippen LogP contribution in [0.1, 0.15) is 6.92 Å². The molecule has 0 radical (unpaired) electrons. The summed E-state index contributed by atoms with van der Waals surface area (Å²) in [6.07, 6.45) is 1.48. The van der Waals surface area contributed by atoms with Gasteiger partial charge in [-0.15, -0.1) is 0 Å². The summed E-state index contributed by atoms with van der Waals surface area (Å²) in [7, 11) is 3.10. The van der Waals surface area contributed by atoms with Crippen LogP contribution in [0, 0.1) is 11.6 Å². The fourth-order valence-corrected chi connectivity index (χ4v) is 2.90. The summed E-state index contributed by atoms with van der Waals surface area (Å²) in [5.41, 5.74) is 0.129. The summed E-state index contributed by atoms with van der Waals surface area (Å²) in [4.78, 5) is 23.0. The molecule has 0 saturated heterocycles. The molecule has 2 amide bonds. The number of ether oxygens (including phenoxy) is 2. The molecule has 1 aromatic heterocycles. The molecule has 10 heteroatoms. The predicted octanol–water partition coefficient (Wildman–Crippen LogP) is 4.58. The first-order valence-electron chi connectivity index (χ1n) is 9.70. The molecule has 8 nitrogen and oxygen atoms in total. The molecule has 1 heterocycles. The normalized spacial score (nSPS) is 11.5. The Hall–Kier alpha value is -3.79. The number of anilines is 4. The summed E-state index contributed by atoms with van der Waals surface area (Å²) in [5, 5.41) is 5.47. The lowest BCUT2D eigenvalue weighted by atomic mass is 10.2. The first-order valence-corrected chi connectivity index (χ1v) is 9.70. The van der Waals surface area contributed by atoms with E-state index in [0.29, 0.717) is 18.0 Å². The average molecular weight is 443 g/mol. The quantitative estimate of drug-likeness (QED) is 0.530. The highest BCUT2D eigenvalue weighted by atomic mass is 19.1. The minimum Gasteiger partial charge on any atom is -0.497 e. The molecule has 3 aromatic rings. The molecule has 32 heavy (non-hydrogen) atoms. The van der Waals surface area contributed by atoms with Crippen LogP contribution < -0.4 is 20.3 Å². The smallest absolute Gasteiger partial charge is 0.332 e. The Labute approximate surface area is 184 Å². The number of halogens is 2. The molecule has 0 bridgehead atoms. The van der Waals surface area contributed by atoms with E-state index in [9.17, 15) is 13.6 Å². The lowest BCUT2D eigenvalue weighted by Gasteiger charge is -2.23. The number of hydrogen-bond acceptors (Lipinski definition) is 6. The molecule has 2 N–H and O–H groups in total. The molecule has 0 unspecified atom stereocenters. The van der Waals surface area contributed by atoms with Gasteiger partial charge < -0.3 is 20.1 Å². The summed E-state index contributed by atoms with van der Waals surface area (Å²) >= 11 is 0. The van der Waals surface area contributed by atoms with Gasteiger partial charge in [0, 0.05) is 31.5 Å². The van der Waals surface area contributed by atoms with Crippen LogP contribution in [0.2, 0.25) is 0 Å². The number of benzene rings is 2. The molecule has 168 valence electrons. The number of carbonyl (C=O) groups is 1. The monoisotopic (exact) mass is 443 g/mol. The highest BCUT2D eigenvalue weighted by Crippen LogP contribution is 2.28. The Morgan fingerprint density at radius 1 is 1.12 bits per heavy atom. The molecule has 0 aliphatic rings. The predicted molar refractivity (Wildman–Crippen MR) is 118 cm³/mol. The van der Waals surface area contributed by atoms with Crippen LogP contribution in [0.25, 0.3) is 0 Å². The standard InChI is InChI=1S/C22H23F2N5O3/c1-14(13-31-2)26-21-25-11-10-20(28-21)29(16-5-7-17(32-3)8-6-16)22(30)27-19-12-15(23)4-9-18(19)24/h4-12,14H,13H2,1-3H3,(H,27,30)(H,25,26,28)/t14-/m0/s1. The van der Waals surface area contributed by atoms with Crippen LogP contribution in [0.15, 0.2) is 54.7 Å². The van der Waals surface area contributed by atoms with E-state index in [1.807, 2.05) is 6.92 Å². The molecule has 0 aliphatic carbocycles. The van der Waals surface area contributed by atoms with E-state index in [4.69, 9.17) is 9.47 Å². The zero-order chi connectivity index (χ0) is 23.1. The number of amides is 2. The maximum atomic E-state index is 14.1. The first kappa shape index (κ1) is 22.9. The maximum Gasteiger partial charge on any atom is 0.332 e. The van der Waals surface area contributed by atoms with Crippen LogP contribution in [-0.2, 0) is 4.74 Å². The Morgan fingerprint density at radius 2 is 1.88 bits per heavy atom. The van der Waals surface area contributed by atoms with Crippen LogP contribution in [0.5, 0.6) is 5.75 Å². The van der Waals surface area contributed by atoms with E-state index >= 15 is 0 Å². The maximum absolute atomic E-state index is 14.1. The lowest BCUT2D eigenvalue weighted by Crippen LogP contribution is -2.32. The van der Waals surface area contributed by atoms with Crippen molar-refractivity contribution in [3.05, 3.63) is 66.4 Å². The van der Waals surface area contributed by atoms with Gasteiger partial charge in [-0.05, 0) is 43.3 Å². The second kappa shape index (κ2) is 10.5. The third-order valence-corrected chi connectivity index (χ3v) is 4.37. The molecule has 1 atom stereocenters. The molecule has 0 aliphatic heterocycles. The number of rotatable bonds is 8. The molecule has 0 spiro atoms. The van der Waals surface area contributed by atoms with Crippen molar-refractivity contribution >= 4 is 29.2 Å². The van der Waals surface area contributed by atoms with Crippen molar-refractivity contribution < 1.29 is 23.0 Å². The van der Waals surface area contributed by atoms with Gasteiger partial charge in [0.15, 0.2) is 0 Å². The number of carbonyl (C=O) groups excluding carboxylic acids is 1. The van der Waals surface area contributed by atoms with Gasteiger partial charge in [-0.25, -0.2) is 23.5 Å². The Balaban J connectivity index is 1.97. The first-order chi connectivity index (χ1) is 15.4. The third-order valence-electron chi connectivity index (χ3n) is 4.37. The molecule has 2 aromatic carbocycles. The van der Waals surface area contributed by atoms with Gasteiger partial charge >= 0.3 is 6.03 Å². The van der Waals surface area contributed by atoms with Gasteiger partial charge in [-0.3, -0.25) is 0 Å². The summed E-state index contributed by atoms with van der Waals surface area (Å²) in [6.45, 7) is 2.31. The van der Waals surface area contributed by atoms with Crippen LogP contribution in [-0.4, -0.2) is 42.9 Å². The van der Waals surface area contributed by atoms with E-state index in [0.717, 1.165) is 18.2 Å². The SMILES string of the molecule is COC[C@H](C)Nc1nccc(N(C(=O)Nc2cc(F)ccc2F)c2ccc(OC)cc2)n1. The van der Waals surface area contributed by atoms with Crippen molar-refractivity contribution in [1.29, 1.82) is 0 Å². The van der Waals surface area contributed by atoms with E-state index in [-0.39, 0.29) is 23.5 Å². The second-order valence-electron chi connectivity index (χ2n) is 6.83.